The first kappa shape index (κ1) is 19.8. The van der Waals surface area contributed by atoms with E-state index >= 15 is 0 Å². The highest BCUT2D eigenvalue weighted by Gasteiger charge is 2.14. The Morgan fingerprint density at radius 3 is 0.735 bits per heavy atom. The molecule has 0 saturated carbocycles. The summed E-state index contributed by atoms with van der Waals surface area (Å²) in [6, 6.07) is 22.1. The van der Waals surface area contributed by atoms with Gasteiger partial charge in [0, 0.05) is 0 Å². The first-order valence-corrected chi connectivity index (χ1v) is 12.2. The van der Waals surface area contributed by atoms with Crippen LogP contribution in [0.3, 0.4) is 0 Å². The fourth-order valence-electron chi connectivity index (χ4n) is 5.11. The van der Waals surface area contributed by atoms with E-state index in [1.807, 2.05) is 0 Å². The van der Waals surface area contributed by atoms with Crippen molar-refractivity contribution in [2.45, 2.75) is 25.7 Å². The number of hydrogen-bond donors (Lipinski definition) is 0. The molecule has 0 atom stereocenters. The van der Waals surface area contributed by atoms with Crippen LogP contribution in [0.2, 0.25) is 0 Å². The molecule has 0 amide bonds. The second kappa shape index (κ2) is 7.98. The summed E-state index contributed by atoms with van der Waals surface area (Å²) < 4.78 is 23.9. The van der Waals surface area contributed by atoms with Crippen LogP contribution < -0.4 is 18.9 Å². The van der Waals surface area contributed by atoms with Gasteiger partial charge in [-0.25, -0.2) is 0 Å². The number of ether oxygens (including phenoxy) is 4. The van der Waals surface area contributed by atoms with E-state index in [2.05, 4.69) is 60.7 Å². The van der Waals surface area contributed by atoms with Gasteiger partial charge in [0.25, 0.3) is 0 Å². The monoisotopic (exact) mass is 450 g/mol. The lowest BCUT2D eigenvalue weighted by molar-refractivity contribution is 0.224. The molecule has 2 aliphatic rings. The predicted octanol–water partition coefficient (Wildman–Crippen LogP) is 7.40. The minimum Gasteiger partial charge on any atom is -0.490 e. The third-order valence-corrected chi connectivity index (χ3v) is 6.94. The molecule has 2 aliphatic heterocycles. The zero-order valence-electron chi connectivity index (χ0n) is 19.1. The van der Waals surface area contributed by atoms with Crippen molar-refractivity contribution in [3.05, 3.63) is 60.7 Å². The van der Waals surface area contributed by atoms with Gasteiger partial charge in [0.1, 0.15) is 0 Å². The van der Waals surface area contributed by atoms with E-state index in [1.165, 1.54) is 43.1 Å². The van der Waals surface area contributed by atoms with Gasteiger partial charge in [0.15, 0.2) is 23.0 Å². The van der Waals surface area contributed by atoms with Crippen molar-refractivity contribution in [2.75, 3.05) is 26.4 Å². The van der Waals surface area contributed by atoms with Crippen molar-refractivity contribution in [3.8, 4) is 23.0 Å². The molecule has 0 N–H and O–H groups in total. The molecule has 0 aliphatic carbocycles. The Hall–Kier alpha value is -3.66. The maximum Gasteiger partial charge on any atom is 0.161 e. The highest BCUT2D eigenvalue weighted by atomic mass is 16.5. The Balaban J connectivity index is 1.39. The van der Waals surface area contributed by atoms with Crippen LogP contribution in [-0.4, -0.2) is 26.4 Å². The van der Waals surface area contributed by atoms with Crippen LogP contribution >= 0.6 is 0 Å². The van der Waals surface area contributed by atoms with E-state index in [-0.39, 0.29) is 0 Å². The van der Waals surface area contributed by atoms with E-state index in [9.17, 15) is 0 Å². The van der Waals surface area contributed by atoms with Gasteiger partial charge in [0.2, 0.25) is 0 Å². The molecule has 7 rings (SSSR count). The molecule has 0 unspecified atom stereocenters. The Morgan fingerprint density at radius 2 is 0.500 bits per heavy atom. The van der Waals surface area contributed by atoms with Gasteiger partial charge < -0.3 is 18.9 Å². The summed E-state index contributed by atoms with van der Waals surface area (Å²) in [5.74, 6) is 3.38. The summed E-state index contributed by atoms with van der Waals surface area (Å²) in [6.07, 6.45) is 4.09. The lowest BCUT2D eigenvalue weighted by atomic mass is 9.97. The van der Waals surface area contributed by atoms with Crippen LogP contribution in [-0.2, 0) is 0 Å². The minimum atomic E-state index is 0.742. The molecule has 5 aromatic carbocycles. The lowest BCUT2D eigenvalue weighted by Gasteiger charge is -2.18. The molecule has 170 valence electrons. The van der Waals surface area contributed by atoms with Crippen LogP contribution in [0.1, 0.15) is 25.7 Å². The SMILES string of the molecule is c1c2c(cc3cc4cc5cc6cc7c(cc6cc5cc4cc13)OCCCCO7)OCCCCO2. The van der Waals surface area contributed by atoms with Crippen LogP contribution in [0.5, 0.6) is 23.0 Å². The largest absolute Gasteiger partial charge is 0.490 e. The fraction of sp³-hybridized carbons (Fsp3) is 0.267. The second-order valence-corrected chi connectivity index (χ2v) is 9.35. The van der Waals surface area contributed by atoms with Gasteiger partial charge in [-0.15, -0.1) is 0 Å². The zero-order valence-corrected chi connectivity index (χ0v) is 19.1. The summed E-state index contributed by atoms with van der Waals surface area (Å²) >= 11 is 0. The average Bonchev–Trinajstić information content (AvgIpc) is 2.80. The third kappa shape index (κ3) is 3.45. The Bertz CT molecular complexity index is 1340. The molecular formula is C30H26O4. The second-order valence-electron chi connectivity index (χ2n) is 9.35. The molecule has 0 spiro atoms. The summed E-state index contributed by atoms with van der Waals surface area (Å²) in [5, 5.41) is 9.55. The molecule has 4 heteroatoms. The van der Waals surface area contributed by atoms with Gasteiger partial charge in [-0.05, 0) is 129 Å². The molecular weight excluding hydrogens is 424 g/mol. The summed E-state index contributed by atoms with van der Waals surface area (Å²) in [4.78, 5) is 0. The number of benzene rings is 5. The quantitative estimate of drug-likeness (QED) is 0.230. The number of fused-ring (bicyclic) bond motifs is 6. The molecule has 0 fully saturated rings. The molecule has 0 radical (unpaired) electrons. The van der Waals surface area contributed by atoms with Crippen molar-refractivity contribution < 1.29 is 18.9 Å². The molecule has 0 saturated heterocycles. The van der Waals surface area contributed by atoms with Crippen molar-refractivity contribution in [2.24, 2.45) is 0 Å². The maximum atomic E-state index is 5.98. The molecule has 5 aromatic rings. The molecule has 34 heavy (non-hydrogen) atoms. The van der Waals surface area contributed by atoms with Gasteiger partial charge in [-0.2, -0.15) is 0 Å². The Kier molecular flexibility index (Phi) is 4.64. The van der Waals surface area contributed by atoms with Crippen LogP contribution in [0.4, 0.5) is 0 Å². The van der Waals surface area contributed by atoms with E-state index in [0.29, 0.717) is 0 Å². The molecule has 0 bridgehead atoms. The minimum absolute atomic E-state index is 0.742. The van der Waals surface area contributed by atoms with Crippen molar-refractivity contribution in [1.82, 2.24) is 0 Å². The molecule has 0 aromatic heterocycles. The summed E-state index contributed by atoms with van der Waals surface area (Å²) in [5.41, 5.74) is 0. The smallest absolute Gasteiger partial charge is 0.161 e. The first-order valence-electron chi connectivity index (χ1n) is 12.2. The fourth-order valence-corrected chi connectivity index (χ4v) is 5.11. The van der Waals surface area contributed by atoms with Crippen molar-refractivity contribution in [3.63, 3.8) is 0 Å². The van der Waals surface area contributed by atoms with E-state index in [1.54, 1.807) is 0 Å². The third-order valence-electron chi connectivity index (χ3n) is 6.94. The predicted molar refractivity (Wildman–Crippen MR) is 137 cm³/mol. The number of hydrogen-bond acceptors (Lipinski definition) is 4. The van der Waals surface area contributed by atoms with E-state index in [4.69, 9.17) is 18.9 Å². The normalized spacial score (nSPS) is 16.2. The standard InChI is InChI=1S/C30H26O4/c1-2-6-32-28-16-24-12-20-10-22-14-26-18-30-29(33-7-3-4-8-34-30)17-25(26)13-21(22)9-19(20)11-23(24)15-27(28)31-5-1/h9-18H,1-8H2. The van der Waals surface area contributed by atoms with Crippen LogP contribution in [0, 0.1) is 0 Å². The van der Waals surface area contributed by atoms with Gasteiger partial charge >= 0.3 is 0 Å². The average molecular weight is 451 g/mol. The summed E-state index contributed by atoms with van der Waals surface area (Å²) in [6.45, 7) is 2.97. The van der Waals surface area contributed by atoms with Gasteiger partial charge in [-0.1, -0.05) is 0 Å². The zero-order chi connectivity index (χ0) is 22.5. The van der Waals surface area contributed by atoms with E-state index < -0.39 is 0 Å². The van der Waals surface area contributed by atoms with Gasteiger partial charge in [0.05, 0.1) is 26.4 Å². The molecule has 2 heterocycles. The van der Waals surface area contributed by atoms with Crippen LogP contribution in [0.15, 0.2) is 60.7 Å². The van der Waals surface area contributed by atoms with Gasteiger partial charge in [-0.3, -0.25) is 0 Å². The van der Waals surface area contributed by atoms with Crippen molar-refractivity contribution >= 4 is 43.1 Å². The Labute approximate surface area is 198 Å². The maximum absolute atomic E-state index is 5.98. The first-order chi connectivity index (χ1) is 16.8. The molecule has 4 nitrogen and oxygen atoms in total. The number of rotatable bonds is 0. The highest BCUT2D eigenvalue weighted by molar-refractivity contribution is 6.08. The Morgan fingerprint density at radius 1 is 0.294 bits per heavy atom. The van der Waals surface area contributed by atoms with E-state index in [0.717, 1.165) is 75.1 Å². The van der Waals surface area contributed by atoms with Crippen LogP contribution in [0.25, 0.3) is 43.1 Å². The summed E-state index contributed by atoms with van der Waals surface area (Å²) in [7, 11) is 0. The lowest BCUT2D eigenvalue weighted by Crippen LogP contribution is -2.08. The topological polar surface area (TPSA) is 36.9 Å². The van der Waals surface area contributed by atoms with Crippen molar-refractivity contribution in [1.29, 1.82) is 0 Å². The highest BCUT2D eigenvalue weighted by Crippen LogP contribution is 2.39.